The average molecular weight is 214 g/mol. The minimum Gasteiger partial charge on any atom is -0.371 e. The fourth-order valence-corrected chi connectivity index (χ4v) is 1.34. The number of aromatic nitrogens is 2. The zero-order valence-electron chi connectivity index (χ0n) is 9.13. The van der Waals surface area contributed by atoms with Gasteiger partial charge in [0.05, 0.1) is 5.69 Å². The number of nitrogens with one attached hydrogen (secondary N) is 1. The molecule has 0 saturated heterocycles. The van der Waals surface area contributed by atoms with Crippen LogP contribution in [0.1, 0.15) is 37.9 Å². The Labute approximate surface area is 87.5 Å². The molecule has 1 aromatic heterocycles. The topological polar surface area (TPSA) is 55.0 Å². The van der Waals surface area contributed by atoms with Crippen molar-refractivity contribution >= 4 is 0 Å². The van der Waals surface area contributed by atoms with Crippen LogP contribution in [-0.4, -0.2) is 16.6 Å². The number of nitrogens with zero attached hydrogens (tertiary/aromatic N) is 1. The lowest BCUT2D eigenvalue weighted by Gasteiger charge is -2.14. The highest BCUT2D eigenvalue weighted by atomic mass is 19.1. The summed E-state index contributed by atoms with van der Waals surface area (Å²) in [5, 5.41) is 0. The van der Waals surface area contributed by atoms with E-state index in [-0.39, 0.29) is 11.8 Å². The molecule has 5 heteroatoms. The fraction of sp³-hybridized carbons (Fsp3) is 0.600. The fourth-order valence-electron chi connectivity index (χ4n) is 1.34. The summed E-state index contributed by atoms with van der Waals surface area (Å²) in [7, 11) is 0. The lowest BCUT2D eigenvalue weighted by atomic mass is 10.2. The normalized spacial score (nSPS) is 12.8. The van der Waals surface area contributed by atoms with Gasteiger partial charge in [0.15, 0.2) is 0 Å². The lowest BCUT2D eigenvalue weighted by Crippen LogP contribution is -2.20. The Kier molecular flexibility index (Phi) is 3.96. The summed E-state index contributed by atoms with van der Waals surface area (Å²) in [5.74, 6) is -0.437. The molecule has 4 nitrogen and oxygen atoms in total. The minimum absolute atomic E-state index is 0.104. The van der Waals surface area contributed by atoms with Crippen LogP contribution in [0.2, 0.25) is 0 Å². The summed E-state index contributed by atoms with van der Waals surface area (Å²) in [5.41, 5.74) is -0.637. The zero-order valence-corrected chi connectivity index (χ0v) is 9.13. The highest BCUT2D eigenvalue weighted by Crippen LogP contribution is 2.16. The summed E-state index contributed by atoms with van der Waals surface area (Å²) in [4.78, 5) is 17.5. The van der Waals surface area contributed by atoms with Gasteiger partial charge in [0.1, 0.15) is 11.9 Å². The molecule has 0 bridgehead atoms. The predicted molar refractivity (Wildman–Crippen MR) is 54.2 cm³/mol. The Balaban J connectivity index is 3.09. The molecule has 0 aliphatic heterocycles. The quantitative estimate of drug-likeness (QED) is 0.830. The Morgan fingerprint density at radius 2 is 2.20 bits per heavy atom. The van der Waals surface area contributed by atoms with Crippen molar-refractivity contribution in [2.24, 2.45) is 0 Å². The van der Waals surface area contributed by atoms with Crippen LogP contribution in [0, 0.1) is 12.7 Å². The first kappa shape index (κ1) is 11.8. The van der Waals surface area contributed by atoms with Gasteiger partial charge in [-0.25, -0.2) is 4.98 Å². The monoisotopic (exact) mass is 214 g/mol. The Bertz CT molecular complexity index is 389. The summed E-state index contributed by atoms with van der Waals surface area (Å²) >= 11 is 0. The summed E-state index contributed by atoms with van der Waals surface area (Å²) in [6, 6.07) is 0. The van der Waals surface area contributed by atoms with E-state index >= 15 is 0 Å². The average Bonchev–Trinajstić information content (AvgIpc) is 2.22. The maximum atomic E-state index is 13.0. The van der Waals surface area contributed by atoms with Crippen molar-refractivity contribution in [3.8, 4) is 0 Å². The van der Waals surface area contributed by atoms with E-state index in [4.69, 9.17) is 4.74 Å². The summed E-state index contributed by atoms with van der Waals surface area (Å²) in [6.07, 6.45) is 0.406. The SMILES string of the molecule is CCOC(CC)c1nc(C)c(F)c(=O)[nH]1. The van der Waals surface area contributed by atoms with Crippen LogP contribution < -0.4 is 5.56 Å². The second kappa shape index (κ2) is 5.02. The van der Waals surface area contributed by atoms with Gasteiger partial charge in [-0.05, 0) is 20.3 Å². The van der Waals surface area contributed by atoms with Gasteiger partial charge in [0, 0.05) is 6.61 Å². The van der Waals surface area contributed by atoms with Crippen molar-refractivity contribution in [3.63, 3.8) is 0 Å². The molecule has 1 heterocycles. The van der Waals surface area contributed by atoms with Gasteiger partial charge >= 0.3 is 0 Å². The van der Waals surface area contributed by atoms with Crippen molar-refractivity contribution in [3.05, 3.63) is 27.7 Å². The molecule has 1 rings (SSSR count). The van der Waals surface area contributed by atoms with Crippen molar-refractivity contribution in [2.75, 3.05) is 6.61 Å². The first-order chi connectivity index (χ1) is 7.10. The maximum Gasteiger partial charge on any atom is 0.287 e. The van der Waals surface area contributed by atoms with Crippen molar-refractivity contribution in [2.45, 2.75) is 33.3 Å². The molecule has 15 heavy (non-hydrogen) atoms. The Hall–Kier alpha value is -1.23. The number of aryl methyl sites for hydroxylation is 1. The molecule has 1 N–H and O–H groups in total. The number of hydrogen-bond acceptors (Lipinski definition) is 3. The summed E-state index contributed by atoms with van der Waals surface area (Å²) in [6.45, 7) is 5.77. The highest BCUT2D eigenvalue weighted by Gasteiger charge is 2.15. The number of hydrogen-bond donors (Lipinski definition) is 1. The summed E-state index contributed by atoms with van der Waals surface area (Å²) < 4.78 is 18.4. The van der Waals surface area contributed by atoms with E-state index in [0.717, 1.165) is 0 Å². The second-order valence-corrected chi connectivity index (χ2v) is 3.20. The van der Waals surface area contributed by atoms with Gasteiger partial charge in [-0.3, -0.25) is 4.79 Å². The van der Waals surface area contributed by atoms with Gasteiger partial charge in [0.2, 0.25) is 5.82 Å². The van der Waals surface area contributed by atoms with Crippen molar-refractivity contribution in [1.82, 2.24) is 9.97 Å². The molecule has 1 aromatic rings. The number of ether oxygens (including phenoxy) is 1. The van der Waals surface area contributed by atoms with Crippen LogP contribution in [0.15, 0.2) is 4.79 Å². The van der Waals surface area contributed by atoms with E-state index in [9.17, 15) is 9.18 Å². The maximum absolute atomic E-state index is 13.0. The molecule has 1 atom stereocenters. The molecular formula is C10H15FN2O2. The smallest absolute Gasteiger partial charge is 0.287 e. The molecule has 0 aromatic carbocycles. The molecular weight excluding hydrogens is 199 g/mol. The Morgan fingerprint density at radius 3 is 2.67 bits per heavy atom. The molecule has 0 aliphatic rings. The molecule has 0 aliphatic carbocycles. The first-order valence-electron chi connectivity index (χ1n) is 4.98. The molecule has 0 amide bonds. The number of H-pyrrole nitrogens is 1. The number of rotatable bonds is 4. The molecule has 0 spiro atoms. The van der Waals surface area contributed by atoms with E-state index in [0.29, 0.717) is 18.9 Å². The molecule has 0 saturated carbocycles. The first-order valence-corrected chi connectivity index (χ1v) is 4.98. The number of aromatic amines is 1. The van der Waals surface area contributed by atoms with Crippen molar-refractivity contribution < 1.29 is 9.13 Å². The van der Waals surface area contributed by atoms with Crippen molar-refractivity contribution in [1.29, 1.82) is 0 Å². The molecule has 1 unspecified atom stereocenters. The van der Waals surface area contributed by atoms with Gasteiger partial charge in [-0.15, -0.1) is 0 Å². The van der Waals surface area contributed by atoms with Crippen LogP contribution in [-0.2, 0) is 4.74 Å². The van der Waals surface area contributed by atoms with E-state index in [1.807, 2.05) is 13.8 Å². The van der Waals surface area contributed by atoms with E-state index in [1.54, 1.807) is 0 Å². The predicted octanol–water partition coefficient (Wildman–Crippen LogP) is 1.71. The molecule has 84 valence electrons. The van der Waals surface area contributed by atoms with Crippen LogP contribution in [0.3, 0.4) is 0 Å². The third-order valence-corrected chi connectivity index (χ3v) is 2.09. The largest absolute Gasteiger partial charge is 0.371 e. The van der Waals surface area contributed by atoms with E-state index in [2.05, 4.69) is 9.97 Å². The van der Waals surface area contributed by atoms with Gasteiger partial charge in [-0.1, -0.05) is 6.92 Å². The van der Waals surface area contributed by atoms with Gasteiger partial charge in [-0.2, -0.15) is 4.39 Å². The van der Waals surface area contributed by atoms with E-state index in [1.165, 1.54) is 6.92 Å². The second-order valence-electron chi connectivity index (χ2n) is 3.20. The van der Waals surface area contributed by atoms with E-state index < -0.39 is 11.4 Å². The van der Waals surface area contributed by atoms with Gasteiger partial charge in [0.25, 0.3) is 5.56 Å². The lowest BCUT2D eigenvalue weighted by molar-refractivity contribution is 0.0530. The standard InChI is InChI=1S/C10H15FN2O2/c1-4-7(15-5-2)9-12-6(3)8(11)10(14)13-9/h7H,4-5H2,1-3H3,(H,12,13,14). The Morgan fingerprint density at radius 1 is 1.53 bits per heavy atom. The minimum atomic E-state index is -0.829. The van der Waals surface area contributed by atoms with Gasteiger partial charge < -0.3 is 9.72 Å². The molecule has 0 radical (unpaired) electrons. The third-order valence-electron chi connectivity index (χ3n) is 2.09. The van der Waals surface area contributed by atoms with Crippen LogP contribution >= 0.6 is 0 Å². The number of halogens is 1. The van der Waals surface area contributed by atoms with Crippen LogP contribution in [0.25, 0.3) is 0 Å². The van der Waals surface area contributed by atoms with Crippen LogP contribution in [0.4, 0.5) is 4.39 Å². The highest BCUT2D eigenvalue weighted by molar-refractivity contribution is 5.05. The van der Waals surface area contributed by atoms with Crippen LogP contribution in [0.5, 0.6) is 0 Å². The molecule has 0 fully saturated rings. The third kappa shape index (κ3) is 2.62. The zero-order chi connectivity index (χ0) is 11.4.